The van der Waals surface area contributed by atoms with Crippen molar-refractivity contribution in [2.45, 2.75) is 33.2 Å². The highest BCUT2D eigenvalue weighted by Gasteiger charge is 2.47. The molecule has 0 saturated carbocycles. The standard InChI is InChI=1S/C31H24O.C26H21NO.C25H20O.C20H17NO.C19H14O.C18H15NO/c32-31(28-14-8-3-9-15-28,29-20-16-26(17-21-29)24-10-4-1-5-11-24)30-22-18-27(19-23-30)25-12-6-2-7-13-25;28-25(27-24-19-11-4-12-20-24)26(21-13-5-1-6-14-21,22-15-7-2-8-16-22)23-17-9-3-10-18-23;26-25(22-12-6-2-7-13-22,23-14-8-3-9-15-23)24-18-16-21(17-19-24)20-10-4-1-5-11-20;21-19(22)20(16-10-4-1-5-11-16,17-12-6-2-7-13-17)18-14-8-3-9-15-18;20-19(14-8-2-1-3-9-14)17-12-6-4-10-15(17)16-11-5-7-13-18(16)19;20-18(15-7-3-1-4-8-15,16-9-5-2-6-10-16)17-11-13-19-14-12-17/h1-23,32H;1-20H,(H,27,28);1-19,26H;1-15H,(H2,21,22);1-13,20H;1-14,20H. The third kappa shape index (κ3) is 21.3. The SMILES string of the molecule is NC(=O)C(c1ccccc1)(c1ccccc1)c1ccccc1.O=C(Nc1ccccc1)C(c1ccccc1)(c1ccccc1)c1ccccc1.OC(c1ccccc1)(c1ccc(-c2ccccc2)cc1)c1ccc(-c2ccccc2)cc1.OC(c1ccccc1)(c1ccccc1)c1ccc(-c2ccccc2)cc1.OC(c1ccccc1)(c1ccccc1)c1ccncc1.OC1(c2ccccc2)c2ccccc2-c2ccccc21. The molecule has 148 heavy (non-hydrogen) atoms. The van der Waals surface area contributed by atoms with Gasteiger partial charge < -0.3 is 31.5 Å². The van der Waals surface area contributed by atoms with Gasteiger partial charge in [0.2, 0.25) is 11.8 Å². The summed E-state index contributed by atoms with van der Waals surface area (Å²) in [6.07, 6.45) is 3.40. The minimum absolute atomic E-state index is 0.0812. The number of aromatic nitrogens is 1. The number of nitrogens with two attached hydrogens (primary N) is 1. The van der Waals surface area contributed by atoms with E-state index in [-0.39, 0.29) is 11.8 Å². The van der Waals surface area contributed by atoms with Gasteiger partial charge in [0.05, 0.1) is 0 Å². The summed E-state index contributed by atoms with van der Waals surface area (Å²) in [4.78, 5) is 30.6. The normalized spacial score (nSPS) is 11.6. The number of primary amides is 1. The van der Waals surface area contributed by atoms with E-state index in [2.05, 4.69) is 95.2 Å². The highest BCUT2D eigenvalue weighted by Crippen LogP contribution is 2.52. The molecule has 0 saturated heterocycles. The molecule has 718 valence electrons. The number of nitrogens with one attached hydrogen (secondary N) is 1. The average molecular weight is 1920 g/mol. The Morgan fingerprint density at radius 1 is 0.203 bits per heavy atom. The Kier molecular flexibility index (Phi) is 31.8. The van der Waals surface area contributed by atoms with Crippen LogP contribution in [0.1, 0.15) is 100 Å². The number of rotatable bonds is 22. The first-order chi connectivity index (χ1) is 72.7. The highest BCUT2D eigenvalue weighted by molar-refractivity contribution is 6.05. The number of amides is 2. The van der Waals surface area contributed by atoms with Crippen molar-refractivity contribution < 1.29 is 30.0 Å². The average Bonchev–Trinajstić information content (AvgIpc) is 1.59. The fourth-order valence-corrected chi connectivity index (χ4v) is 20.0. The largest absolute Gasteiger partial charge is 0.376 e. The fourth-order valence-electron chi connectivity index (χ4n) is 20.0. The number of carbonyl (C=O) groups excluding carboxylic acids is 2. The molecule has 1 aromatic heterocycles. The van der Waals surface area contributed by atoms with E-state index in [1.165, 1.54) is 5.56 Å². The van der Waals surface area contributed by atoms with Crippen LogP contribution in [-0.4, -0.2) is 37.2 Å². The smallest absolute Gasteiger partial charge is 0.244 e. The van der Waals surface area contributed by atoms with Gasteiger partial charge in [0.15, 0.2) is 0 Å². The van der Waals surface area contributed by atoms with Crippen LogP contribution < -0.4 is 11.1 Å². The van der Waals surface area contributed by atoms with Crippen LogP contribution in [0.2, 0.25) is 0 Å². The first-order valence-electron chi connectivity index (χ1n) is 49.5. The van der Waals surface area contributed by atoms with E-state index in [0.717, 1.165) is 145 Å². The minimum atomic E-state index is -1.24. The summed E-state index contributed by atoms with van der Waals surface area (Å²) in [5.74, 6) is -0.460. The zero-order valence-electron chi connectivity index (χ0n) is 81.7. The highest BCUT2D eigenvalue weighted by atomic mass is 16.3. The van der Waals surface area contributed by atoms with Crippen LogP contribution in [0.3, 0.4) is 0 Å². The van der Waals surface area contributed by atoms with Gasteiger partial charge in [0, 0.05) is 29.2 Å². The molecule has 23 rings (SSSR count). The van der Waals surface area contributed by atoms with Crippen molar-refractivity contribution in [3.05, 3.63) is 731 Å². The lowest BCUT2D eigenvalue weighted by Crippen LogP contribution is -2.43. The first-order valence-corrected chi connectivity index (χ1v) is 49.5. The number of nitrogens with zero attached hydrogens (tertiary/aromatic N) is 1. The van der Waals surface area contributed by atoms with E-state index in [1.54, 1.807) is 12.4 Å². The van der Waals surface area contributed by atoms with Crippen LogP contribution in [-0.2, 0) is 42.8 Å². The molecule has 21 aromatic carbocycles. The predicted octanol–water partition coefficient (Wildman–Crippen LogP) is 29.4. The second-order valence-electron chi connectivity index (χ2n) is 36.1. The Balaban J connectivity index is 0.000000117. The Morgan fingerprint density at radius 2 is 0.385 bits per heavy atom. The van der Waals surface area contributed by atoms with Crippen molar-refractivity contribution in [1.29, 1.82) is 0 Å². The van der Waals surface area contributed by atoms with Gasteiger partial charge in [-0.15, -0.1) is 0 Å². The van der Waals surface area contributed by atoms with Crippen molar-refractivity contribution in [1.82, 2.24) is 4.98 Å². The van der Waals surface area contributed by atoms with Crippen LogP contribution in [0.25, 0.3) is 44.5 Å². The van der Waals surface area contributed by atoms with Crippen LogP contribution in [0, 0.1) is 0 Å². The van der Waals surface area contributed by atoms with E-state index >= 15 is 0 Å². The van der Waals surface area contributed by atoms with Crippen molar-refractivity contribution in [2.24, 2.45) is 5.73 Å². The number of benzene rings is 21. The number of carbonyl (C=O) groups is 2. The molecule has 9 nitrogen and oxygen atoms in total. The summed E-state index contributed by atoms with van der Waals surface area (Å²) in [7, 11) is 0. The molecule has 0 unspecified atom stereocenters. The molecule has 22 aromatic rings. The Bertz CT molecular complexity index is 7370. The van der Waals surface area contributed by atoms with E-state index in [9.17, 15) is 30.0 Å². The molecule has 1 aliphatic rings. The van der Waals surface area contributed by atoms with Crippen LogP contribution in [0.4, 0.5) is 5.69 Å². The maximum Gasteiger partial charge on any atom is 0.244 e. The Labute approximate surface area is 866 Å². The summed E-state index contributed by atoms with van der Waals surface area (Å²) >= 11 is 0. The summed E-state index contributed by atoms with van der Waals surface area (Å²) in [5.41, 5.74) is 25.1. The topological polar surface area (TPSA) is 166 Å². The van der Waals surface area contributed by atoms with Gasteiger partial charge in [-0.05, 0) is 158 Å². The molecule has 1 aliphatic carbocycles. The summed E-state index contributed by atoms with van der Waals surface area (Å²) in [5, 5.41) is 49.9. The van der Waals surface area contributed by atoms with E-state index < -0.39 is 33.2 Å². The van der Waals surface area contributed by atoms with Gasteiger partial charge in [0.1, 0.15) is 33.2 Å². The molecule has 0 radical (unpaired) electrons. The van der Waals surface area contributed by atoms with Crippen molar-refractivity contribution in [3.63, 3.8) is 0 Å². The molecule has 0 bridgehead atoms. The van der Waals surface area contributed by atoms with E-state index in [4.69, 9.17) is 5.73 Å². The third-order valence-corrected chi connectivity index (χ3v) is 27.4. The van der Waals surface area contributed by atoms with Gasteiger partial charge in [-0.1, -0.05) is 595 Å². The van der Waals surface area contributed by atoms with Gasteiger partial charge >= 0.3 is 0 Å². The number of para-hydroxylation sites is 1. The molecule has 0 fully saturated rings. The maximum atomic E-state index is 13.9. The van der Waals surface area contributed by atoms with E-state index in [0.29, 0.717) is 0 Å². The van der Waals surface area contributed by atoms with Crippen LogP contribution >= 0.6 is 0 Å². The lowest BCUT2D eigenvalue weighted by Gasteiger charge is -2.34. The third-order valence-electron chi connectivity index (χ3n) is 27.4. The van der Waals surface area contributed by atoms with Gasteiger partial charge in [0.25, 0.3) is 0 Å². The maximum absolute atomic E-state index is 13.9. The van der Waals surface area contributed by atoms with Crippen molar-refractivity contribution in [2.75, 3.05) is 5.32 Å². The monoisotopic (exact) mass is 1920 g/mol. The lowest BCUT2D eigenvalue weighted by molar-refractivity contribution is -0.121. The Morgan fingerprint density at radius 3 is 0.628 bits per heavy atom. The molecule has 7 N–H and O–H groups in total. The van der Waals surface area contributed by atoms with Gasteiger partial charge in [-0.2, -0.15) is 0 Å². The first kappa shape index (κ1) is 99.7. The summed E-state index contributed by atoms with van der Waals surface area (Å²) in [6, 6.07) is 203. The van der Waals surface area contributed by atoms with Crippen LogP contribution in [0.15, 0.2) is 631 Å². The molecule has 0 aliphatic heterocycles. The second-order valence-corrected chi connectivity index (χ2v) is 36.1. The number of anilines is 1. The molecule has 2 amide bonds. The quantitative estimate of drug-likeness (QED) is 0.0368. The number of pyridine rings is 1. The van der Waals surface area contributed by atoms with Gasteiger partial charge in [-0.25, -0.2) is 0 Å². The zero-order chi connectivity index (χ0) is 102. The minimum Gasteiger partial charge on any atom is -0.376 e. The predicted molar refractivity (Wildman–Crippen MR) is 601 cm³/mol. The fraction of sp³-hybridized carbons (Fsp3) is 0.0432. The molecule has 9 heteroatoms. The molecular weight excluding hydrogens is 1810 g/mol. The van der Waals surface area contributed by atoms with Crippen LogP contribution in [0.5, 0.6) is 0 Å². The molecule has 0 spiro atoms. The zero-order valence-corrected chi connectivity index (χ0v) is 81.7. The molecular formula is C139H111N3O6. The van der Waals surface area contributed by atoms with Gasteiger partial charge in [-0.3, -0.25) is 14.6 Å². The second kappa shape index (κ2) is 47.2. The number of hydrogen-bond acceptors (Lipinski definition) is 7. The van der Waals surface area contributed by atoms with Crippen molar-refractivity contribution in [3.8, 4) is 44.5 Å². The summed E-state index contributed by atoms with van der Waals surface area (Å²) in [6.45, 7) is 0. The summed E-state index contributed by atoms with van der Waals surface area (Å²) < 4.78 is 0. The van der Waals surface area contributed by atoms with E-state index in [1.807, 2.05) is 534 Å². The lowest BCUT2D eigenvalue weighted by atomic mass is 9.68. The number of hydrogen-bond donors (Lipinski definition) is 6. The number of fused-ring (bicyclic) bond motifs is 3. The Hall–Kier alpha value is -18.5. The number of aliphatic hydroxyl groups is 4. The van der Waals surface area contributed by atoms with Crippen molar-refractivity contribution >= 4 is 17.5 Å². The molecule has 0 atom stereocenters. The molecule has 1 heterocycles.